The summed E-state index contributed by atoms with van der Waals surface area (Å²) in [5.74, 6) is -0.127. The molecule has 0 unspecified atom stereocenters. The number of carbonyl (C=O) groups excluding carboxylic acids is 1. The third-order valence-corrected chi connectivity index (χ3v) is 3.99. The molecule has 21 heavy (non-hydrogen) atoms. The molecule has 1 amide bonds. The maximum Gasteiger partial charge on any atom is 0.238 e. The molecule has 1 aliphatic heterocycles. The Morgan fingerprint density at radius 2 is 2.19 bits per heavy atom. The van der Waals surface area contributed by atoms with Gasteiger partial charge in [0, 0.05) is 18.8 Å². The molecular formula is C15H18ClN3O2. The summed E-state index contributed by atoms with van der Waals surface area (Å²) >= 11 is 5.92. The summed E-state index contributed by atoms with van der Waals surface area (Å²) in [5.41, 5.74) is 0.342. The predicted octanol–water partition coefficient (Wildman–Crippen LogP) is 2.00. The van der Waals surface area contributed by atoms with Crippen molar-refractivity contribution >= 4 is 23.2 Å². The Morgan fingerprint density at radius 3 is 2.76 bits per heavy atom. The number of amides is 1. The van der Waals surface area contributed by atoms with Crippen LogP contribution in [0.3, 0.4) is 0 Å². The quantitative estimate of drug-likeness (QED) is 0.895. The van der Waals surface area contributed by atoms with Crippen LogP contribution < -0.4 is 5.32 Å². The molecule has 0 atom stereocenters. The molecule has 0 spiro atoms. The normalized spacial score (nSPS) is 18.0. The fourth-order valence-electron chi connectivity index (χ4n) is 2.28. The minimum absolute atomic E-state index is 0.127. The van der Waals surface area contributed by atoms with Crippen molar-refractivity contribution < 1.29 is 9.90 Å². The Balaban J connectivity index is 1.88. The van der Waals surface area contributed by atoms with Crippen molar-refractivity contribution in [3.05, 3.63) is 28.8 Å². The third kappa shape index (κ3) is 4.43. The van der Waals surface area contributed by atoms with Gasteiger partial charge in [-0.15, -0.1) is 0 Å². The summed E-state index contributed by atoms with van der Waals surface area (Å²) in [6.07, 6.45) is 1.34. The second-order valence-electron chi connectivity index (χ2n) is 5.63. The summed E-state index contributed by atoms with van der Waals surface area (Å²) < 4.78 is 0. The Kier molecular flexibility index (Phi) is 4.84. The van der Waals surface area contributed by atoms with Crippen LogP contribution in [0.5, 0.6) is 0 Å². The standard InChI is InChI=1S/C15H18ClN3O2/c1-15(21)4-6-19(7-5-15)10-14(20)18-12-3-2-11(9-17)13(16)8-12/h2-3,8,21H,4-7,10H2,1H3,(H,18,20). The number of likely N-dealkylation sites (tertiary alicyclic amines) is 1. The molecule has 0 radical (unpaired) electrons. The van der Waals surface area contributed by atoms with Gasteiger partial charge in [-0.3, -0.25) is 9.69 Å². The highest BCUT2D eigenvalue weighted by Gasteiger charge is 2.27. The number of benzene rings is 1. The zero-order valence-electron chi connectivity index (χ0n) is 11.9. The van der Waals surface area contributed by atoms with Crippen molar-refractivity contribution in [2.45, 2.75) is 25.4 Å². The Labute approximate surface area is 129 Å². The van der Waals surface area contributed by atoms with E-state index in [9.17, 15) is 9.90 Å². The van der Waals surface area contributed by atoms with Gasteiger partial charge in [0.1, 0.15) is 6.07 Å². The lowest BCUT2D eigenvalue weighted by Crippen LogP contribution is -2.45. The molecule has 1 aliphatic rings. The van der Waals surface area contributed by atoms with E-state index in [1.54, 1.807) is 18.2 Å². The van der Waals surface area contributed by atoms with Crippen LogP contribution in [0.4, 0.5) is 5.69 Å². The highest BCUT2D eigenvalue weighted by Crippen LogP contribution is 2.22. The molecule has 0 aliphatic carbocycles. The first-order valence-electron chi connectivity index (χ1n) is 6.84. The fourth-order valence-corrected chi connectivity index (χ4v) is 2.50. The second kappa shape index (κ2) is 6.44. The highest BCUT2D eigenvalue weighted by molar-refractivity contribution is 6.32. The van der Waals surface area contributed by atoms with Crippen molar-refractivity contribution in [2.24, 2.45) is 0 Å². The minimum Gasteiger partial charge on any atom is -0.390 e. The number of rotatable bonds is 3. The van der Waals surface area contributed by atoms with E-state index in [0.29, 0.717) is 42.2 Å². The van der Waals surface area contributed by atoms with E-state index >= 15 is 0 Å². The molecule has 112 valence electrons. The van der Waals surface area contributed by atoms with Crippen molar-refractivity contribution in [3.8, 4) is 6.07 Å². The van der Waals surface area contributed by atoms with Crippen LogP contribution in [-0.2, 0) is 4.79 Å². The minimum atomic E-state index is -0.617. The van der Waals surface area contributed by atoms with Crippen LogP contribution in [-0.4, -0.2) is 41.1 Å². The molecule has 6 heteroatoms. The number of nitrogens with one attached hydrogen (secondary N) is 1. The third-order valence-electron chi connectivity index (χ3n) is 3.67. The zero-order chi connectivity index (χ0) is 15.5. The van der Waals surface area contributed by atoms with Gasteiger partial charge in [-0.2, -0.15) is 5.26 Å². The van der Waals surface area contributed by atoms with E-state index in [0.717, 1.165) is 0 Å². The molecule has 1 aromatic carbocycles. The predicted molar refractivity (Wildman–Crippen MR) is 81.1 cm³/mol. The van der Waals surface area contributed by atoms with Crippen LogP contribution in [0.1, 0.15) is 25.3 Å². The van der Waals surface area contributed by atoms with Gasteiger partial charge in [-0.05, 0) is 38.0 Å². The van der Waals surface area contributed by atoms with Gasteiger partial charge >= 0.3 is 0 Å². The van der Waals surface area contributed by atoms with E-state index in [1.165, 1.54) is 0 Å². The summed E-state index contributed by atoms with van der Waals surface area (Å²) in [6.45, 7) is 3.51. The van der Waals surface area contributed by atoms with Crippen molar-refractivity contribution in [2.75, 3.05) is 25.0 Å². The molecule has 2 rings (SSSR count). The Hall–Kier alpha value is -1.61. The van der Waals surface area contributed by atoms with E-state index in [1.807, 2.05) is 17.9 Å². The van der Waals surface area contributed by atoms with Gasteiger partial charge in [0.25, 0.3) is 0 Å². The monoisotopic (exact) mass is 307 g/mol. The first kappa shape index (κ1) is 15.8. The molecule has 1 heterocycles. The van der Waals surface area contributed by atoms with Crippen molar-refractivity contribution in [1.82, 2.24) is 4.90 Å². The number of nitriles is 1. The highest BCUT2D eigenvalue weighted by atomic mass is 35.5. The van der Waals surface area contributed by atoms with E-state index in [-0.39, 0.29) is 12.5 Å². The molecule has 1 saturated heterocycles. The van der Waals surface area contributed by atoms with Gasteiger partial charge in [0.2, 0.25) is 5.91 Å². The van der Waals surface area contributed by atoms with E-state index < -0.39 is 5.60 Å². The summed E-state index contributed by atoms with van der Waals surface area (Å²) in [4.78, 5) is 14.0. The largest absolute Gasteiger partial charge is 0.390 e. The first-order chi connectivity index (χ1) is 9.89. The fraction of sp³-hybridized carbons (Fsp3) is 0.467. The maximum absolute atomic E-state index is 12.0. The SMILES string of the molecule is CC1(O)CCN(CC(=O)Nc2ccc(C#N)c(Cl)c2)CC1. The Morgan fingerprint density at radius 1 is 1.52 bits per heavy atom. The number of halogens is 1. The second-order valence-corrected chi connectivity index (χ2v) is 6.03. The van der Waals surface area contributed by atoms with E-state index in [4.69, 9.17) is 16.9 Å². The van der Waals surface area contributed by atoms with Crippen molar-refractivity contribution in [3.63, 3.8) is 0 Å². The Bertz CT molecular complexity index is 571. The van der Waals surface area contributed by atoms with Crippen LogP contribution in [0.15, 0.2) is 18.2 Å². The van der Waals surface area contributed by atoms with Crippen LogP contribution >= 0.6 is 11.6 Å². The number of carbonyl (C=O) groups is 1. The average molecular weight is 308 g/mol. The van der Waals surface area contributed by atoms with E-state index in [2.05, 4.69) is 5.32 Å². The molecule has 0 aromatic heterocycles. The number of aliphatic hydroxyl groups is 1. The number of hydrogen-bond donors (Lipinski definition) is 2. The molecule has 2 N–H and O–H groups in total. The number of nitrogens with zero attached hydrogens (tertiary/aromatic N) is 2. The molecular weight excluding hydrogens is 290 g/mol. The van der Waals surface area contributed by atoms with Gasteiger partial charge in [0.05, 0.1) is 22.7 Å². The lowest BCUT2D eigenvalue weighted by atomic mass is 9.94. The summed E-state index contributed by atoms with van der Waals surface area (Å²) in [7, 11) is 0. The molecule has 0 bridgehead atoms. The van der Waals surface area contributed by atoms with Gasteiger partial charge in [-0.25, -0.2) is 0 Å². The number of hydrogen-bond acceptors (Lipinski definition) is 4. The van der Waals surface area contributed by atoms with Crippen LogP contribution in [0.2, 0.25) is 5.02 Å². The lowest BCUT2D eigenvalue weighted by molar-refractivity contribution is -0.118. The molecule has 0 saturated carbocycles. The number of anilines is 1. The molecule has 1 fully saturated rings. The maximum atomic E-state index is 12.0. The average Bonchev–Trinajstić information content (AvgIpc) is 2.41. The topological polar surface area (TPSA) is 76.4 Å². The first-order valence-corrected chi connectivity index (χ1v) is 7.22. The van der Waals surface area contributed by atoms with Gasteiger partial charge < -0.3 is 10.4 Å². The molecule has 1 aromatic rings. The number of piperidine rings is 1. The molecule has 5 nitrogen and oxygen atoms in total. The van der Waals surface area contributed by atoms with Gasteiger partial charge in [-0.1, -0.05) is 11.6 Å². The van der Waals surface area contributed by atoms with Crippen LogP contribution in [0, 0.1) is 11.3 Å². The summed E-state index contributed by atoms with van der Waals surface area (Å²) in [6, 6.07) is 6.78. The summed E-state index contributed by atoms with van der Waals surface area (Å²) in [5, 5.41) is 21.8. The van der Waals surface area contributed by atoms with Crippen LogP contribution in [0.25, 0.3) is 0 Å². The lowest BCUT2D eigenvalue weighted by Gasteiger charge is -2.35. The van der Waals surface area contributed by atoms with Gasteiger partial charge in [0.15, 0.2) is 0 Å². The zero-order valence-corrected chi connectivity index (χ0v) is 12.7. The van der Waals surface area contributed by atoms with Crippen molar-refractivity contribution in [1.29, 1.82) is 5.26 Å². The smallest absolute Gasteiger partial charge is 0.238 e.